The van der Waals surface area contributed by atoms with E-state index >= 15 is 0 Å². The molecular formula is C10H12O2. The Bertz CT molecular complexity index is 247. The number of esters is 1. The van der Waals surface area contributed by atoms with Gasteiger partial charge >= 0.3 is 5.97 Å². The Balaban J connectivity index is 2.52. The number of hydrogen-bond acceptors (Lipinski definition) is 2. The van der Waals surface area contributed by atoms with Crippen molar-refractivity contribution in [2.24, 2.45) is 0 Å². The molecule has 0 aliphatic heterocycles. The topological polar surface area (TPSA) is 26.3 Å². The summed E-state index contributed by atoms with van der Waals surface area (Å²) in [6.07, 6.45) is 10.6. The van der Waals surface area contributed by atoms with Gasteiger partial charge < -0.3 is 4.74 Å². The Morgan fingerprint density at radius 3 is 3.08 bits per heavy atom. The van der Waals surface area contributed by atoms with Crippen molar-refractivity contribution in [3.05, 3.63) is 36.1 Å². The Kier molecular flexibility index (Phi) is 3.33. The van der Waals surface area contributed by atoms with Crippen LogP contribution in [0.15, 0.2) is 36.1 Å². The maximum Gasteiger partial charge on any atom is 0.310 e. The van der Waals surface area contributed by atoms with E-state index in [2.05, 4.69) is 0 Å². The molecule has 0 unspecified atom stereocenters. The lowest BCUT2D eigenvalue weighted by molar-refractivity contribution is -0.139. The van der Waals surface area contributed by atoms with Crippen LogP contribution in [0.1, 0.15) is 19.8 Å². The van der Waals surface area contributed by atoms with Gasteiger partial charge in [-0.05, 0) is 6.08 Å². The van der Waals surface area contributed by atoms with Gasteiger partial charge in [0.1, 0.15) is 5.76 Å². The molecule has 0 spiro atoms. The zero-order chi connectivity index (χ0) is 8.81. The normalized spacial score (nSPS) is 15.2. The van der Waals surface area contributed by atoms with E-state index in [0.717, 1.165) is 0 Å². The van der Waals surface area contributed by atoms with Crippen LogP contribution in [0, 0.1) is 0 Å². The summed E-state index contributed by atoms with van der Waals surface area (Å²) in [5, 5.41) is 0. The predicted octanol–water partition coefficient (Wildman–Crippen LogP) is 2.34. The first kappa shape index (κ1) is 8.78. The summed E-state index contributed by atoms with van der Waals surface area (Å²) in [5.41, 5.74) is 0. The molecule has 0 bridgehead atoms. The molecule has 0 aromatic heterocycles. The van der Waals surface area contributed by atoms with Crippen LogP contribution >= 0.6 is 0 Å². The highest BCUT2D eigenvalue weighted by Crippen LogP contribution is 2.09. The molecule has 0 aromatic rings. The molecule has 1 aliphatic carbocycles. The van der Waals surface area contributed by atoms with Crippen molar-refractivity contribution >= 4 is 5.97 Å². The third-order valence-electron chi connectivity index (χ3n) is 1.49. The van der Waals surface area contributed by atoms with Crippen LogP contribution in [0.5, 0.6) is 0 Å². The van der Waals surface area contributed by atoms with Crippen LogP contribution in [-0.4, -0.2) is 5.97 Å². The second kappa shape index (κ2) is 4.54. The average Bonchev–Trinajstić information content (AvgIpc) is 2.33. The molecule has 64 valence electrons. The third kappa shape index (κ3) is 2.74. The number of hydrogen-bond donors (Lipinski definition) is 0. The van der Waals surface area contributed by atoms with E-state index in [1.165, 1.54) is 0 Å². The zero-order valence-corrected chi connectivity index (χ0v) is 7.12. The molecular weight excluding hydrogens is 152 g/mol. The van der Waals surface area contributed by atoms with Gasteiger partial charge in [0.2, 0.25) is 0 Å². The summed E-state index contributed by atoms with van der Waals surface area (Å²) < 4.78 is 5.04. The van der Waals surface area contributed by atoms with Gasteiger partial charge in [-0.25, -0.2) is 0 Å². The summed E-state index contributed by atoms with van der Waals surface area (Å²) in [6, 6.07) is 0. The first-order chi connectivity index (χ1) is 5.83. The Morgan fingerprint density at radius 2 is 2.33 bits per heavy atom. The monoisotopic (exact) mass is 164 g/mol. The third-order valence-corrected chi connectivity index (χ3v) is 1.49. The molecule has 2 heteroatoms. The summed E-state index contributed by atoms with van der Waals surface area (Å²) in [4.78, 5) is 10.9. The molecule has 0 radical (unpaired) electrons. The molecule has 0 saturated carbocycles. The first-order valence-electron chi connectivity index (χ1n) is 4.06. The zero-order valence-electron chi connectivity index (χ0n) is 7.12. The minimum atomic E-state index is -0.176. The van der Waals surface area contributed by atoms with Gasteiger partial charge in [0, 0.05) is 12.8 Å². The van der Waals surface area contributed by atoms with Gasteiger partial charge in [-0.15, -0.1) is 0 Å². The van der Waals surface area contributed by atoms with E-state index in [9.17, 15) is 4.79 Å². The van der Waals surface area contributed by atoms with Crippen LogP contribution < -0.4 is 0 Å². The highest BCUT2D eigenvalue weighted by Gasteiger charge is 2.02. The van der Waals surface area contributed by atoms with Crippen molar-refractivity contribution in [1.29, 1.82) is 0 Å². The number of ether oxygens (including phenoxy) is 1. The van der Waals surface area contributed by atoms with E-state index in [-0.39, 0.29) is 5.97 Å². The molecule has 0 aromatic carbocycles. The van der Waals surface area contributed by atoms with Crippen LogP contribution in [-0.2, 0) is 9.53 Å². The molecule has 0 fully saturated rings. The fourth-order valence-electron chi connectivity index (χ4n) is 0.852. The second-order valence-corrected chi connectivity index (χ2v) is 2.48. The van der Waals surface area contributed by atoms with Crippen LogP contribution in [0.3, 0.4) is 0 Å². The number of rotatable bonds is 2. The van der Waals surface area contributed by atoms with Gasteiger partial charge in [-0.3, -0.25) is 4.79 Å². The molecule has 1 rings (SSSR count). The van der Waals surface area contributed by atoms with Gasteiger partial charge in [-0.1, -0.05) is 31.2 Å². The van der Waals surface area contributed by atoms with E-state index < -0.39 is 0 Å². The van der Waals surface area contributed by atoms with E-state index in [1.54, 1.807) is 6.92 Å². The highest BCUT2D eigenvalue weighted by molar-refractivity contribution is 5.70. The molecule has 0 amide bonds. The van der Waals surface area contributed by atoms with E-state index in [4.69, 9.17) is 4.74 Å². The van der Waals surface area contributed by atoms with Crippen molar-refractivity contribution in [1.82, 2.24) is 0 Å². The lowest BCUT2D eigenvalue weighted by Crippen LogP contribution is -2.01. The first-order valence-corrected chi connectivity index (χ1v) is 4.06. The second-order valence-electron chi connectivity index (χ2n) is 2.48. The summed E-state index contributed by atoms with van der Waals surface area (Å²) >= 11 is 0. The van der Waals surface area contributed by atoms with Crippen molar-refractivity contribution in [2.75, 3.05) is 0 Å². The smallest absolute Gasteiger partial charge is 0.310 e. The highest BCUT2D eigenvalue weighted by atomic mass is 16.5. The molecule has 1 aliphatic rings. The summed E-state index contributed by atoms with van der Waals surface area (Å²) in [7, 11) is 0. The van der Waals surface area contributed by atoms with Gasteiger partial charge in [0.15, 0.2) is 0 Å². The largest absolute Gasteiger partial charge is 0.431 e. The number of carbonyl (C=O) groups is 1. The van der Waals surface area contributed by atoms with Crippen molar-refractivity contribution in [3.63, 3.8) is 0 Å². The average molecular weight is 164 g/mol. The fourth-order valence-corrected chi connectivity index (χ4v) is 0.852. The SMILES string of the molecule is CCC(=O)OC1=CC=CC=CC1. The van der Waals surface area contributed by atoms with Gasteiger partial charge in [0.25, 0.3) is 0 Å². The lowest BCUT2D eigenvalue weighted by Gasteiger charge is -2.03. The minimum absolute atomic E-state index is 0.176. The molecule has 0 atom stereocenters. The maximum absolute atomic E-state index is 10.9. The summed E-state index contributed by atoms with van der Waals surface area (Å²) in [5.74, 6) is 0.539. The molecule has 0 N–H and O–H groups in total. The lowest BCUT2D eigenvalue weighted by atomic mass is 10.3. The quantitative estimate of drug-likeness (QED) is 0.585. The Labute approximate surface area is 72.2 Å². The van der Waals surface area contributed by atoms with E-state index in [1.807, 2.05) is 30.4 Å². The molecule has 0 heterocycles. The van der Waals surface area contributed by atoms with Gasteiger partial charge in [-0.2, -0.15) is 0 Å². The molecule has 12 heavy (non-hydrogen) atoms. The van der Waals surface area contributed by atoms with Crippen molar-refractivity contribution in [2.45, 2.75) is 19.8 Å². The van der Waals surface area contributed by atoms with Crippen molar-refractivity contribution < 1.29 is 9.53 Å². The van der Waals surface area contributed by atoms with Gasteiger partial charge in [0.05, 0.1) is 0 Å². The van der Waals surface area contributed by atoms with Crippen LogP contribution in [0.2, 0.25) is 0 Å². The standard InChI is InChI=1S/C10H12O2/c1-2-10(11)12-9-7-5-3-4-6-8-9/h3-7H,2,8H2,1H3. The van der Waals surface area contributed by atoms with Crippen LogP contribution in [0.4, 0.5) is 0 Å². The number of carbonyl (C=O) groups excluding carboxylic acids is 1. The minimum Gasteiger partial charge on any atom is -0.431 e. The Morgan fingerprint density at radius 1 is 1.50 bits per heavy atom. The van der Waals surface area contributed by atoms with Crippen molar-refractivity contribution in [3.8, 4) is 0 Å². The maximum atomic E-state index is 10.9. The molecule has 0 saturated heterocycles. The Hall–Kier alpha value is -1.31. The van der Waals surface area contributed by atoms with Crippen LogP contribution in [0.25, 0.3) is 0 Å². The predicted molar refractivity (Wildman–Crippen MR) is 47.4 cm³/mol. The molecule has 2 nitrogen and oxygen atoms in total. The number of allylic oxidation sites excluding steroid dienone is 5. The summed E-state index contributed by atoms with van der Waals surface area (Å²) in [6.45, 7) is 1.78. The van der Waals surface area contributed by atoms with E-state index in [0.29, 0.717) is 18.6 Å². The fraction of sp³-hybridized carbons (Fsp3) is 0.300.